The maximum Gasteiger partial charge on any atom is 0.240 e. The van der Waals surface area contributed by atoms with Crippen molar-refractivity contribution in [2.24, 2.45) is 0 Å². The fourth-order valence-corrected chi connectivity index (χ4v) is 3.17. The molecule has 0 aliphatic heterocycles. The molecule has 1 heterocycles. The van der Waals surface area contributed by atoms with Crippen molar-refractivity contribution < 1.29 is 13.2 Å². The SMILES string of the molecule is Cc1cc(CNS(=O)(=O)c2ccc(Oc3ccccc3)cc2)ncn1. The highest BCUT2D eigenvalue weighted by Crippen LogP contribution is 2.22. The summed E-state index contributed by atoms with van der Waals surface area (Å²) in [6, 6.07) is 17.3. The van der Waals surface area contributed by atoms with Crippen LogP contribution in [0.2, 0.25) is 0 Å². The van der Waals surface area contributed by atoms with Crippen molar-refractivity contribution in [2.45, 2.75) is 18.4 Å². The van der Waals surface area contributed by atoms with E-state index in [9.17, 15) is 8.42 Å². The Morgan fingerprint density at radius 2 is 1.64 bits per heavy atom. The molecule has 0 bridgehead atoms. The van der Waals surface area contributed by atoms with Crippen LogP contribution >= 0.6 is 0 Å². The molecule has 1 N–H and O–H groups in total. The van der Waals surface area contributed by atoms with Gasteiger partial charge in [-0.2, -0.15) is 0 Å². The van der Waals surface area contributed by atoms with Gasteiger partial charge in [0.1, 0.15) is 17.8 Å². The van der Waals surface area contributed by atoms with Crippen molar-refractivity contribution >= 4 is 10.0 Å². The minimum absolute atomic E-state index is 0.105. The lowest BCUT2D eigenvalue weighted by Crippen LogP contribution is -2.23. The average molecular weight is 355 g/mol. The number of benzene rings is 2. The van der Waals surface area contributed by atoms with Crippen LogP contribution in [0.3, 0.4) is 0 Å². The van der Waals surface area contributed by atoms with Crippen LogP contribution in [0.4, 0.5) is 0 Å². The van der Waals surface area contributed by atoms with Crippen molar-refractivity contribution in [3.05, 3.63) is 78.4 Å². The summed E-state index contributed by atoms with van der Waals surface area (Å²) in [6.07, 6.45) is 1.41. The monoisotopic (exact) mass is 355 g/mol. The van der Waals surface area contributed by atoms with E-state index in [0.717, 1.165) is 5.69 Å². The molecule has 0 unspecified atom stereocenters. The highest BCUT2D eigenvalue weighted by Gasteiger charge is 2.14. The molecule has 3 rings (SSSR count). The van der Waals surface area contributed by atoms with Crippen molar-refractivity contribution in [2.75, 3.05) is 0 Å². The van der Waals surface area contributed by atoms with Crippen molar-refractivity contribution in [3.8, 4) is 11.5 Å². The van der Waals surface area contributed by atoms with E-state index in [1.165, 1.54) is 18.5 Å². The fourth-order valence-electron chi connectivity index (χ4n) is 2.17. The fraction of sp³-hybridized carbons (Fsp3) is 0.111. The van der Waals surface area contributed by atoms with Gasteiger partial charge in [0, 0.05) is 5.69 Å². The van der Waals surface area contributed by atoms with Crippen LogP contribution in [-0.4, -0.2) is 18.4 Å². The highest BCUT2D eigenvalue weighted by molar-refractivity contribution is 7.89. The van der Waals surface area contributed by atoms with E-state index < -0.39 is 10.0 Å². The van der Waals surface area contributed by atoms with E-state index in [4.69, 9.17) is 4.74 Å². The van der Waals surface area contributed by atoms with Crippen LogP contribution in [-0.2, 0) is 16.6 Å². The number of nitrogens with one attached hydrogen (secondary N) is 1. The third-order valence-corrected chi connectivity index (χ3v) is 4.83. The first kappa shape index (κ1) is 17.1. The van der Waals surface area contributed by atoms with Crippen molar-refractivity contribution in [1.82, 2.24) is 14.7 Å². The Balaban J connectivity index is 1.68. The molecule has 3 aromatic rings. The van der Waals surface area contributed by atoms with Crippen LogP contribution in [0.1, 0.15) is 11.4 Å². The van der Waals surface area contributed by atoms with Crippen LogP contribution in [0.5, 0.6) is 11.5 Å². The Labute approximate surface area is 146 Å². The summed E-state index contributed by atoms with van der Waals surface area (Å²) in [7, 11) is -3.63. The summed E-state index contributed by atoms with van der Waals surface area (Å²) >= 11 is 0. The van der Waals surface area contributed by atoms with Gasteiger partial charge >= 0.3 is 0 Å². The van der Waals surface area contributed by atoms with Gasteiger partial charge in [-0.05, 0) is 49.4 Å². The van der Waals surface area contributed by atoms with Crippen LogP contribution in [0.25, 0.3) is 0 Å². The van der Waals surface area contributed by atoms with Gasteiger partial charge < -0.3 is 4.74 Å². The summed E-state index contributed by atoms with van der Waals surface area (Å²) in [5.74, 6) is 1.26. The zero-order valence-corrected chi connectivity index (χ0v) is 14.4. The molecule has 0 spiro atoms. The lowest BCUT2D eigenvalue weighted by Gasteiger charge is -2.09. The number of nitrogens with zero attached hydrogens (tertiary/aromatic N) is 2. The molecule has 128 valence electrons. The largest absolute Gasteiger partial charge is 0.457 e. The van der Waals surface area contributed by atoms with E-state index >= 15 is 0 Å². The molecule has 0 atom stereocenters. The lowest BCUT2D eigenvalue weighted by atomic mass is 10.3. The second-order valence-corrected chi connectivity index (χ2v) is 7.13. The molecular formula is C18H17N3O3S. The number of hydrogen-bond donors (Lipinski definition) is 1. The number of rotatable bonds is 6. The van der Waals surface area contributed by atoms with E-state index in [2.05, 4.69) is 14.7 Å². The Kier molecular flexibility index (Phi) is 5.06. The summed E-state index contributed by atoms with van der Waals surface area (Å²) in [5, 5.41) is 0. The molecule has 0 aliphatic carbocycles. The van der Waals surface area contributed by atoms with Gasteiger partial charge in [-0.1, -0.05) is 18.2 Å². The zero-order chi connectivity index (χ0) is 17.7. The normalized spacial score (nSPS) is 11.2. The molecule has 7 heteroatoms. The van der Waals surface area contributed by atoms with Gasteiger partial charge in [0.25, 0.3) is 0 Å². The smallest absolute Gasteiger partial charge is 0.240 e. The molecule has 2 aromatic carbocycles. The third-order valence-electron chi connectivity index (χ3n) is 3.42. The maximum atomic E-state index is 12.4. The number of aromatic nitrogens is 2. The first-order valence-corrected chi connectivity index (χ1v) is 9.11. The van der Waals surface area contributed by atoms with Crippen LogP contribution in [0, 0.1) is 6.92 Å². The zero-order valence-electron chi connectivity index (χ0n) is 13.6. The first-order valence-electron chi connectivity index (χ1n) is 7.63. The standard InChI is InChI=1S/C18H17N3O3S/c1-14-11-15(20-13-19-14)12-21-25(22,23)18-9-7-17(8-10-18)24-16-5-3-2-4-6-16/h2-11,13,21H,12H2,1H3. The second-order valence-electron chi connectivity index (χ2n) is 5.36. The van der Waals surface area contributed by atoms with Gasteiger partial charge in [0.05, 0.1) is 17.1 Å². The predicted octanol–water partition coefficient (Wildman–Crippen LogP) is 3.06. The molecule has 25 heavy (non-hydrogen) atoms. The molecule has 1 aromatic heterocycles. The Morgan fingerprint density at radius 1 is 0.960 bits per heavy atom. The molecule has 0 radical (unpaired) electrons. The highest BCUT2D eigenvalue weighted by atomic mass is 32.2. The van der Waals surface area contributed by atoms with Crippen LogP contribution in [0.15, 0.2) is 71.9 Å². The van der Waals surface area contributed by atoms with Gasteiger partial charge in [0.15, 0.2) is 0 Å². The van der Waals surface area contributed by atoms with Crippen molar-refractivity contribution in [3.63, 3.8) is 0 Å². The maximum absolute atomic E-state index is 12.4. The molecule has 0 fully saturated rings. The topological polar surface area (TPSA) is 81.2 Å². The van der Waals surface area contributed by atoms with E-state index in [1.807, 2.05) is 37.3 Å². The Morgan fingerprint density at radius 3 is 2.32 bits per heavy atom. The first-order chi connectivity index (χ1) is 12.0. The Bertz CT molecular complexity index is 943. The number of sulfonamides is 1. The molecule has 0 saturated heterocycles. The minimum atomic E-state index is -3.63. The quantitative estimate of drug-likeness (QED) is 0.735. The molecule has 6 nitrogen and oxygen atoms in total. The van der Waals surface area contributed by atoms with Gasteiger partial charge in [-0.25, -0.2) is 23.1 Å². The molecule has 0 amide bonds. The summed E-state index contributed by atoms with van der Waals surface area (Å²) in [4.78, 5) is 8.19. The molecular weight excluding hydrogens is 338 g/mol. The number of hydrogen-bond acceptors (Lipinski definition) is 5. The lowest BCUT2D eigenvalue weighted by molar-refractivity contribution is 0.482. The number of para-hydroxylation sites is 1. The second kappa shape index (κ2) is 7.42. The van der Waals surface area contributed by atoms with E-state index in [-0.39, 0.29) is 11.4 Å². The summed E-state index contributed by atoms with van der Waals surface area (Å²) in [5.41, 5.74) is 1.40. The van der Waals surface area contributed by atoms with Gasteiger partial charge in [-0.15, -0.1) is 0 Å². The summed E-state index contributed by atoms with van der Waals surface area (Å²) in [6.45, 7) is 1.93. The summed E-state index contributed by atoms with van der Waals surface area (Å²) < 4.78 is 32.9. The van der Waals surface area contributed by atoms with Crippen LogP contribution < -0.4 is 9.46 Å². The van der Waals surface area contributed by atoms with Gasteiger partial charge in [0.2, 0.25) is 10.0 Å². The average Bonchev–Trinajstić information content (AvgIpc) is 2.62. The minimum Gasteiger partial charge on any atom is -0.457 e. The Hall–Kier alpha value is -2.77. The molecule has 0 aliphatic rings. The number of aryl methyl sites for hydroxylation is 1. The van der Waals surface area contributed by atoms with Crippen molar-refractivity contribution in [1.29, 1.82) is 0 Å². The third kappa shape index (κ3) is 4.62. The van der Waals surface area contributed by atoms with Gasteiger partial charge in [-0.3, -0.25) is 0 Å². The predicted molar refractivity (Wildman–Crippen MR) is 93.8 cm³/mol. The molecule has 0 saturated carbocycles. The number of ether oxygens (including phenoxy) is 1. The van der Waals surface area contributed by atoms with E-state index in [0.29, 0.717) is 17.2 Å². The van der Waals surface area contributed by atoms with E-state index in [1.54, 1.807) is 18.2 Å².